The minimum Gasteiger partial charge on any atom is -0.478 e. The summed E-state index contributed by atoms with van der Waals surface area (Å²) in [7, 11) is 1.59. The topological polar surface area (TPSA) is 63.6 Å². The van der Waals surface area contributed by atoms with Gasteiger partial charge in [0.1, 0.15) is 0 Å². The van der Waals surface area contributed by atoms with Crippen molar-refractivity contribution in [1.82, 2.24) is 0 Å². The van der Waals surface area contributed by atoms with E-state index < -0.39 is 11.4 Å². The van der Waals surface area contributed by atoms with Crippen molar-refractivity contribution in [3.63, 3.8) is 0 Å². The van der Waals surface area contributed by atoms with Crippen molar-refractivity contribution < 1.29 is 19.4 Å². The quantitative estimate of drug-likeness (QED) is 0.206. The van der Waals surface area contributed by atoms with Gasteiger partial charge < -0.3 is 9.84 Å². The van der Waals surface area contributed by atoms with Crippen LogP contribution < -0.4 is 0 Å². The van der Waals surface area contributed by atoms with Crippen molar-refractivity contribution in [1.29, 1.82) is 0 Å². The van der Waals surface area contributed by atoms with Crippen molar-refractivity contribution in [2.24, 2.45) is 29.1 Å². The molecule has 4 rings (SSSR count). The Kier molecular flexibility index (Phi) is 26.1. The molecule has 0 unspecified atom stereocenters. The van der Waals surface area contributed by atoms with Gasteiger partial charge in [-0.15, -0.1) is 0 Å². The van der Waals surface area contributed by atoms with Crippen LogP contribution in [-0.2, 0) is 14.3 Å². The molecule has 4 fully saturated rings. The smallest absolute Gasteiger partial charge is 0.334 e. The van der Waals surface area contributed by atoms with E-state index in [0.29, 0.717) is 23.3 Å². The third-order valence-electron chi connectivity index (χ3n) is 16.2. The zero-order chi connectivity index (χ0) is 40.9. The Morgan fingerprint density at radius 3 is 0.776 bits per heavy atom. The largest absolute Gasteiger partial charge is 0.478 e. The second-order valence-corrected chi connectivity index (χ2v) is 20.3. The van der Waals surface area contributed by atoms with Gasteiger partial charge >= 0.3 is 11.9 Å². The Labute approximate surface area is 360 Å². The first-order valence-corrected chi connectivity index (χ1v) is 26.7. The van der Waals surface area contributed by atoms with E-state index in [9.17, 15) is 9.90 Å². The average molecular weight is 809 g/mol. The normalized spacial score (nSPS) is 24.9. The number of hydrogen-bond donors (Lipinski definition) is 1. The van der Waals surface area contributed by atoms with Gasteiger partial charge in [0.25, 0.3) is 0 Å². The van der Waals surface area contributed by atoms with Crippen LogP contribution in [0.3, 0.4) is 0 Å². The maximum Gasteiger partial charge on any atom is 0.334 e. The van der Waals surface area contributed by atoms with Gasteiger partial charge in [0.2, 0.25) is 0 Å². The molecule has 4 aliphatic carbocycles. The van der Waals surface area contributed by atoms with Crippen LogP contribution in [0, 0.1) is 29.1 Å². The van der Waals surface area contributed by atoms with Gasteiger partial charge in [-0.1, -0.05) is 231 Å². The van der Waals surface area contributed by atoms with E-state index in [1.165, 1.54) is 218 Å². The Hall–Kier alpha value is -1.32. The average Bonchev–Trinajstić information content (AvgIpc) is 3.19. The zero-order valence-electron chi connectivity index (χ0n) is 38.6. The molecule has 0 aromatic rings. The second kappa shape index (κ2) is 30.7. The van der Waals surface area contributed by atoms with Gasteiger partial charge in [0.15, 0.2) is 0 Å². The lowest BCUT2D eigenvalue weighted by atomic mass is 9.49. The van der Waals surface area contributed by atoms with Gasteiger partial charge in [-0.25, -0.2) is 9.59 Å². The van der Waals surface area contributed by atoms with E-state index in [1.54, 1.807) is 7.11 Å². The number of rotatable bonds is 7. The van der Waals surface area contributed by atoms with Crippen LogP contribution in [0.15, 0.2) is 11.1 Å². The maximum atomic E-state index is 15.4. The first-order valence-electron chi connectivity index (χ1n) is 26.7. The highest BCUT2D eigenvalue weighted by Crippen LogP contribution is 2.60. The van der Waals surface area contributed by atoms with Crippen LogP contribution in [0.4, 0.5) is 0 Å². The third-order valence-corrected chi connectivity index (χ3v) is 16.2. The molecule has 4 nitrogen and oxygen atoms in total. The van der Waals surface area contributed by atoms with Gasteiger partial charge in [-0.3, -0.25) is 0 Å². The molecule has 0 bridgehead atoms. The lowest BCUT2D eigenvalue weighted by Crippen LogP contribution is -2.50. The Morgan fingerprint density at radius 2 is 0.569 bits per heavy atom. The summed E-state index contributed by atoms with van der Waals surface area (Å²) in [6.45, 7) is 0. The highest BCUT2D eigenvalue weighted by molar-refractivity contribution is 6.01. The van der Waals surface area contributed by atoms with Crippen LogP contribution >= 0.6 is 0 Å². The minimum absolute atomic E-state index is 0.0749. The van der Waals surface area contributed by atoms with Crippen LogP contribution in [-0.4, -0.2) is 24.2 Å². The number of hydrogen-bond acceptors (Lipinski definition) is 3. The molecule has 0 saturated heterocycles. The fraction of sp³-hybridized carbons (Fsp3) is 0.926. The van der Waals surface area contributed by atoms with E-state index in [1.807, 2.05) is 0 Å². The summed E-state index contributed by atoms with van der Waals surface area (Å²) in [5.41, 5.74) is 0.807. The van der Waals surface area contributed by atoms with E-state index in [-0.39, 0.29) is 11.9 Å². The Morgan fingerprint density at radius 1 is 0.362 bits per heavy atom. The fourth-order valence-electron chi connectivity index (χ4n) is 13.1. The number of carbonyl (C=O) groups is 2. The van der Waals surface area contributed by atoms with E-state index in [2.05, 4.69) is 0 Å². The molecule has 0 aromatic carbocycles. The first kappa shape index (κ1) is 49.3. The SMILES string of the molecule is COC(=O)C(=C(C(=O)O)C1CCCCCCCCCCC1)C(C1CCCCCCCCCCC1)(C1CCCCCCCCCCC1)C1CCCCCCCCCCC1. The highest BCUT2D eigenvalue weighted by atomic mass is 16.5. The number of carboxylic acid groups (broad SMARTS) is 1. The molecule has 4 aliphatic rings. The van der Waals surface area contributed by atoms with Gasteiger partial charge in [0.05, 0.1) is 18.3 Å². The van der Waals surface area contributed by atoms with Crippen molar-refractivity contribution in [2.45, 2.75) is 283 Å². The lowest BCUT2D eigenvalue weighted by Gasteiger charge is -2.54. The van der Waals surface area contributed by atoms with Crippen molar-refractivity contribution in [2.75, 3.05) is 7.11 Å². The number of methoxy groups -OCH3 is 1. The molecule has 336 valence electrons. The Balaban J connectivity index is 2.04. The number of carboxylic acids is 1. The van der Waals surface area contributed by atoms with Gasteiger partial charge in [-0.05, 0) is 75.0 Å². The highest BCUT2D eigenvalue weighted by Gasteiger charge is 2.56. The number of esters is 1. The molecule has 0 radical (unpaired) electrons. The molecule has 0 aliphatic heterocycles. The summed E-state index contributed by atoms with van der Waals surface area (Å²) in [6.07, 6.45) is 54.6. The van der Waals surface area contributed by atoms with Crippen molar-refractivity contribution in [3.8, 4) is 0 Å². The third kappa shape index (κ3) is 16.9. The Bertz CT molecular complexity index is 986. The molecule has 4 saturated carbocycles. The van der Waals surface area contributed by atoms with E-state index in [4.69, 9.17) is 4.74 Å². The molecular formula is C54H96O4. The summed E-state index contributed by atoms with van der Waals surface area (Å²) in [6, 6.07) is 0. The van der Waals surface area contributed by atoms with Crippen LogP contribution in [0.2, 0.25) is 0 Å². The lowest BCUT2D eigenvalue weighted by molar-refractivity contribution is -0.143. The van der Waals surface area contributed by atoms with Crippen LogP contribution in [0.5, 0.6) is 0 Å². The summed E-state index contributed by atoms with van der Waals surface area (Å²) in [5, 5.41) is 11.9. The summed E-state index contributed by atoms with van der Waals surface area (Å²) >= 11 is 0. The number of aliphatic carboxylic acids is 1. The molecule has 4 heteroatoms. The van der Waals surface area contributed by atoms with E-state index >= 15 is 4.79 Å². The van der Waals surface area contributed by atoms with Crippen molar-refractivity contribution in [3.05, 3.63) is 11.1 Å². The monoisotopic (exact) mass is 809 g/mol. The predicted octanol–water partition coefficient (Wildman–Crippen LogP) is 17.2. The standard InChI is InChI=1S/C54H96O4/c1-58-53(57)51(50(52(55)56)46-38-30-22-14-6-2-7-15-23-31-39-46)54(47-40-32-24-16-8-3-9-17-25-33-41-47,48-42-34-26-18-10-4-11-19-27-35-43-48)49-44-36-28-20-12-5-13-21-29-37-45-49/h46-49H,2-45H2,1H3,(H,55,56). The van der Waals surface area contributed by atoms with Gasteiger partial charge in [-0.2, -0.15) is 0 Å². The number of ether oxygens (including phenoxy) is 1. The summed E-state index contributed by atoms with van der Waals surface area (Å²) in [4.78, 5) is 29.9. The summed E-state index contributed by atoms with van der Waals surface area (Å²) in [5.74, 6) is -0.135. The fourth-order valence-corrected chi connectivity index (χ4v) is 13.1. The zero-order valence-corrected chi connectivity index (χ0v) is 38.6. The molecule has 0 atom stereocenters. The van der Waals surface area contributed by atoms with Crippen LogP contribution in [0.1, 0.15) is 283 Å². The van der Waals surface area contributed by atoms with Crippen molar-refractivity contribution >= 4 is 11.9 Å². The predicted molar refractivity (Wildman–Crippen MR) is 246 cm³/mol. The van der Waals surface area contributed by atoms with Crippen LogP contribution in [0.25, 0.3) is 0 Å². The molecule has 0 aromatic heterocycles. The first-order chi connectivity index (χ1) is 28.6. The maximum absolute atomic E-state index is 15.4. The van der Waals surface area contributed by atoms with Gasteiger partial charge in [0, 0.05) is 5.41 Å². The molecule has 0 amide bonds. The molecule has 1 N–H and O–H groups in total. The summed E-state index contributed by atoms with van der Waals surface area (Å²) < 4.78 is 6.10. The molecule has 0 spiro atoms. The molecule has 58 heavy (non-hydrogen) atoms. The second-order valence-electron chi connectivity index (χ2n) is 20.3. The van der Waals surface area contributed by atoms with E-state index in [0.717, 1.165) is 69.8 Å². The molecular weight excluding hydrogens is 713 g/mol. The molecule has 0 heterocycles. The number of carbonyl (C=O) groups excluding carboxylic acids is 1. The minimum atomic E-state index is -0.795.